The average molecular weight is 752 g/mol. The van der Waals surface area contributed by atoms with Crippen molar-refractivity contribution in [3.05, 3.63) is 36.2 Å². The molecule has 55 heavy (non-hydrogen) atoms. The van der Waals surface area contributed by atoms with E-state index in [0.29, 0.717) is 70.5 Å². The van der Waals surface area contributed by atoms with Crippen LogP contribution in [0.4, 0.5) is 16.3 Å². The number of carbonyl (C=O) groups is 3. The lowest BCUT2D eigenvalue weighted by Gasteiger charge is -2.48. The smallest absolute Gasteiger partial charge is 0.407 e. The number of carboxylic acid groups (broad SMARTS) is 1. The summed E-state index contributed by atoms with van der Waals surface area (Å²) in [5.41, 5.74) is 5.39. The third kappa shape index (κ3) is 6.64. The molecule has 0 atom stereocenters. The Labute approximate surface area is 324 Å². The lowest BCUT2D eigenvalue weighted by molar-refractivity contribution is -0.134. The SMILES string of the molecule is CC(C)n1cnc2cc(-c3ccc4c(c3)N(C3CC(N5CCCCC5)C3)C(=O)C43CCN(CC(=O)N(C)C4CCN(C(=O)O)CC4)CC3)nc(NC3CC3)c21. The summed E-state index contributed by atoms with van der Waals surface area (Å²) in [6, 6.07) is 10.2. The Hall–Kier alpha value is -4.23. The van der Waals surface area contributed by atoms with Crippen LogP contribution in [0.15, 0.2) is 30.6 Å². The first-order valence-electron chi connectivity index (χ1n) is 20.9. The number of benzene rings is 1. The molecule has 2 saturated carbocycles. The third-order valence-corrected chi connectivity index (χ3v) is 13.8. The van der Waals surface area contributed by atoms with Crippen LogP contribution in [0.5, 0.6) is 0 Å². The number of aromatic nitrogens is 3. The minimum absolute atomic E-state index is 0.0446. The van der Waals surface area contributed by atoms with E-state index in [1.165, 1.54) is 37.3 Å². The summed E-state index contributed by atoms with van der Waals surface area (Å²) in [5.74, 6) is 1.17. The molecule has 1 spiro atoms. The van der Waals surface area contributed by atoms with Gasteiger partial charge in [-0.2, -0.15) is 0 Å². The zero-order valence-electron chi connectivity index (χ0n) is 32.8. The molecular formula is C42H57N9O4. The Morgan fingerprint density at radius 2 is 1.69 bits per heavy atom. The first-order chi connectivity index (χ1) is 26.6. The average Bonchev–Trinajstić information content (AvgIpc) is 3.84. The number of rotatable bonds is 9. The number of amides is 3. The molecule has 3 amide bonds. The number of nitrogens with zero attached hydrogens (tertiary/aromatic N) is 8. The summed E-state index contributed by atoms with van der Waals surface area (Å²) in [4.78, 5) is 60.2. The second-order valence-corrected chi connectivity index (χ2v) is 17.5. The maximum atomic E-state index is 15.0. The van der Waals surface area contributed by atoms with Crippen LogP contribution in [0.2, 0.25) is 0 Å². The molecule has 0 radical (unpaired) electrons. The van der Waals surface area contributed by atoms with E-state index < -0.39 is 11.5 Å². The van der Waals surface area contributed by atoms with Gasteiger partial charge in [0.25, 0.3) is 0 Å². The molecular weight excluding hydrogens is 695 g/mol. The molecule has 1 aromatic carbocycles. The first-order valence-corrected chi connectivity index (χ1v) is 20.9. The van der Waals surface area contributed by atoms with Crippen molar-refractivity contribution in [2.75, 3.05) is 63.1 Å². The molecule has 13 heteroatoms. The summed E-state index contributed by atoms with van der Waals surface area (Å²) >= 11 is 0. The molecule has 0 bridgehead atoms. The number of nitrogens with one attached hydrogen (secondary N) is 1. The van der Waals surface area contributed by atoms with Crippen LogP contribution in [0.3, 0.4) is 0 Å². The molecule has 6 aliphatic rings. The first kappa shape index (κ1) is 36.4. The fourth-order valence-electron chi connectivity index (χ4n) is 10.1. The number of hydrogen-bond acceptors (Lipinski definition) is 8. The predicted molar refractivity (Wildman–Crippen MR) is 212 cm³/mol. The molecule has 3 saturated heterocycles. The van der Waals surface area contributed by atoms with Crippen LogP contribution in [0.1, 0.15) is 96.1 Å². The zero-order valence-corrected chi connectivity index (χ0v) is 32.8. The van der Waals surface area contributed by atoms with Crippen molar-refractivity contribution in [3.8, 4) is 11.3 Å². The standard InChI is InChI=1S/C42H57N9O4/c1-27(2)50-26-43-35-24-34(45-39(38(35)50)44-29-8-9-29)28-7-10-33-36(21-28)51(32-22-31(23-32)48-15-5-4-6-16-48)40(53)42(33)13-19-47(20-14-42)25-37(52)46(3)30-11-17-49(18-12-30)41(54)55/h7,10,21,24,26-27,29-32H,4-6,8-9,11-20,22-23,25H2,1-3H3,(H,44,45)(H,54,55). The quantitative estimate of drug-likeness (QED) is 0.289. The van der Waals surface area contributed by atoms with Gasteiger partial charge in [-0.05, 0) is 109 Å². The van der Waals surface area contributed by atoms with Gasteiger partial charge in [-0.1, -0.05) is 18.6 Å². The van der Waals surface area contributed by atoms with Gasteiger partial charge in [-0.25, -0.2) is 14.8 Å². The molecule has 0 unspecified atom stereocenters. The van der Waals surface area contributed by atoms with E-state index in [4.69, 9.17) is 9.97 Å². The molecule has 3 aromatic rings. The molecule has 9 rings (SSSR count). The van der Waals surface area contributed by atoms with Crippen LogP contribution >= 0.6 is 0 Å². The number of likely N-dealkylation sites (N-methyl/N-ethyl adjacent to an activating group) is 1. The Bertz CT molecular complexity index is 1950. The largest absolute Gasteiger partial charge is 0.465 e. The van der Waals surface area contributed by atoms with Crippen LogP contribution in [0, 0.1) is 0 Å². The summed E-state index contributed by atoms with van der Waals surface area (Å²) in [6.07, 6.45) is 11.9. The van der Waals surface area contributed by atoms with Crippen molar-refractivity contribution < 1.29 is 19.5 Å². The Morgan fingerprint density at radius 1 is 0.964 bits per heavy atom. The molecule has 13 nitrogen and oxygen atoms in total. The van der Waals surface area contributed by atoms with Gasteiger partial charge in [0.2, 0.25) is 11.8 Å². The predicted octanol–water partition coefficient (Wildman–Crippen LogP) is 5.55. The van der Waals surface area contributed by atoms with Gasteiger partial charge in [0, 0.05) is 74.7 Å². The molecule has 2 N–H and O–H groups in total. The zero-order chi connectivity index (χ0) is 38.0. The van der Waals surface area contributed by atoms with E-state index >= 15 is 0 Å². The van der Waals surface area contributed by atoms with Crippen molar-refractivity contribution in [1.29, 1.82) is 0 Å². The summed E-state index contributed by atoms with van der Waals surface area (Å²) in [5, 5.41) is 13.0. The van der Waals surface area contributed by atoms with Crippen molar-refractivity contribution in [2.24, 2.45) is 0 Å². The number of likely N-dealkylation sites (tertiary alicyclic amines) is 3. The van der Waals surface area contributed by atoms with Gasteiger partial charge in [-0.15, -0.1) is 0 Å². The molecule has 6 heterocycles. The van der Waals surface area contributed by atoms with E-state index in [1.54, 1.807) is 0 Å². The maximum absolute atomic E-state index is 15.0. The highest BCUT2D eigenvalue weighted by Crippen LogP contribution is 2.52. The monoisotopic (exact) mass is 751 g/mol. The van der Waals surface area contributed by atoms with Crippen LogP contribution in [0.25, 0.3) is 22.3 Å². The number of pyridine rings is 1. The Kier molecular flexibility index (Phi) is 9.51. The van der Waals surface area contributed by atoms with Gasteiger partial charge in [0.05, 0.1) is 29.5 Å². The highest BCUT2D eigenvalue weighted by Gasteiger charge is 2.55. The second-order valence-electron chi connectivity index (χ2n) is 17.5. The van der Waals surface area contributed by atoms with Gasteiger partial charge in [0.15, 0.2) is 5.82 Å². The summed E-state index contributed by atoms with van der Waals surface area (Å²) in [7, 11) is 1.85. The summed E-state index contributed by atoms with van der Waals surface area (Å²) in [6.45, 7) is 9.24. The van der Waals surface area contributed by atoms with E-state index in [2.05, 4.69) is 62.7 Å². The molecule has 4 aliphatic heterocycles. The van der Waals surface area contributed by atoms with Crippen molar-refractivity contribution in [2.45, 2.75) is 120 Å². The third-order valence-electron chi connectivity index (χ3n) is 13.8. The van der Waals surface area contributed by atoms with Crippen LogP contribution < -0.4 is 10.2 Å². The minimum atomic E-state index is -0.894. The van der Waals surface area contributed by atoms with Gasteiger partial charge < -0.3 is 34.6 Å². The van der Waals surface area contributed by atoms with Crippen LogP contribution in [-0.2, 0) is 15.0 Å². The van der Waals surface area contributed by atoms with E-state index in [1.807, 2.05) is 18.3 Å². The maximum Gasteiger partial charge on any atom is 0.407 e. The van der Waals surface area contributed by atoms with Crippen LogP contribution in [-0.4, -0.2) is 134 Å². The Balaban J connectivity index is 0.973. The number of imidazole rings is 1. The molecule has 2 aliphatic carbocycles. The Morgan fingerprint density at radius 3 is 2.36 bits per heavy atom. The lowest BCUT2D eigenvalue weighted by Crippen LogP contribution is -2.58. The molecule has 5 fully saturated rings. The van der Waals surface area contributed by atoms with Crippen molar-refractivity contribution >= 4 is 40.4 Å². The topological polar surface area (TPSA) is 130 Å². The number of fused-ring (bicyclic) bond motifs is 3. The fraction of sp³-hybridized carbons (Fsp3) is 0.643. The lowest BCUT2D eigenvalue weighted by atomic mass is 9.73. The highest BCUT2D eigenvalue weighted by molar-refractivity contribution is 6.09. The van der Waals surface area contributed by atoms with Gasteiger partial charge >= 0.3 is 6.09 Å². The highest BCUT2D eigenvalue weighted by atomic mass is 16.4. The van der Waals surface area contributed by atoms with Gasteiger partial charge in [0.1, 0.15) is 5.52 Å². The van der Waals surface area contributed by atoms with E-state index in [9.17, 15) is 19.5 Å². The fourth-order valence-corrected chi connectivity index (χ4v) is 10.1. The number of carbonyl (C=O) groups excluding carboxylic acids is 2. The number of hydrogen-bond donors (Lipinski definition) is 2. The number of anilines is 2. The normalized spacial score (nSPS) is 24.8. The second kappa shape index (κ2) is 14.4. The number of piperidine rings is 3. The molecule has 294 valence electrons. The van der Waals surface area contributed by atoms with E-state index in [-0.39, 0.29) is 29.9 Å². The van der Waals surface area contributed by atoms with Crippen molar-refractivity contribution in [1.82, 2.24) is 34.1 Å². The molecule has 2 aromatic heterocycles. The van der Waals surface area contributed by atoms with E-state index in [0.717, 1.165) is 65.0 Å². The summed E-state index contributed by atoms with van der Waals surface area (Å²) < 4.78 is 2.20. The van der Waals surface area contributed by atoms with Crippen molar-refractivity contribution in [3.63, 3.8) is 0 Å². The van der Waals surface area contributed by atoms with Gasteiger partial charge in [-0.3, -0.25) is 14.5 Å². The minimum Gasteiger partial charge on any atom is -0.465 e.